The van der Waals surface area contributed by atoms with E-state index in [1.807, 2.05) is 32.0 Å². The molecule has 0 saturated carbocycles. The van der Waals surface area contributed by atoms with Gasteiger partial charge in [0.05, 0.1) is 11.1 Å². The number of hydrogen-bond donors (Lipinski definition) is 1. The third-order valence-electron chi connectivity index (χ3n) is 1.85. The molecule has 1 heterocycles. The van der Waals surface area contributed by atoms with Crippen LogP contribution >= 0.6 is 11.8 Å². The van der Waals surface area contributed by atoms with Crippen LogP contribution < -0.4 is 0 Å². The fourth-order valence-corrected chi connectivity index (χ4v) is 1.80. The van der Waals surface area contributed by atoms with Crippen LogP contribution in [0.4, 0.5) is 0 Å². The van der Waals surface area contributed by atoms with Crippen molar-refractivity contribution in [2.24, 2.45) is 0 Å². The van der Waals surface area contributed by atoms with Crippen molar-refractivity contribution in [1.82, 2.24) is 4.98 Å². The number of rotatable bonds is 3. The van der Waals surface area contributed by atoms with Crippen molar-refractivity contribution >= 4 is 11.8 Å². The molecule has 0 spiro atoms. The van der Waals surface area contributed by atoms with Gasteiger partial charge in [-0.25, -0.2) is 4.98 Å². The van der Waals surface area contributed by atoms with Crippen LogP contribution in [0.3, 0.4) is 0 Å². The van der Waals surface area contributed by atoms with E-state index in [0.29, 0.717) is 0 Å². The summed E-state index contributed by atoms with van der Waals surface area (Å²) in [6.45, 7) is 5.77. The molecule has 0 radical (unpaired) electrons. The van der Waals surface area contributed by atoms with Gasteiger partial charge in [-0.15, -0.1) is 11.8 Å². The largest absolute Gasteiger partial charge is 0.392 e. The molecule has 1 rings (SSSR count). The summed E-state index contributed by atoms with van der Waals surface area (Å²) < 4.78 is 0. The Morgan fingerprint density at radius 1 is 1.38 bits per heavy atom. The minimum atomic E-state index is -0.299. The molecular formula is C10H15NOS. The highest BCUT2D eigenvalue weighted by Gasteiger charge is 2.10. The van der Waals surface area contributed by atoms with Crippen LogP contribution in [0.15, 0.2) is 23.2 Å². The monoisotopic (exact) mass is 197 g/mol. The summed E-state index contributed by atoms with van der Waals surface area (Å²) in [5.41, 5.74) is 1.02. The summed E-state index contributed by atoms with van der Waals surface area (Å²) >= 11 is 1.60. The van der Waals surface area contributed by atoms with E-state index in [1.165, 1.54) is 0 Å². The summed E-state index contributed by atoms with van der Waals surface area (Å²) in [4.78, 5) is 4.35. The zero-order valence-electron chi connectivity index (χ0n) is 8.19. The van der Waals surface area contributed by atoms with Crippen molar-refractivity contribution in [2.45, 2.75) is 37.2 Å². The molecule has 0 aliphatic rings. The topological polar surface area (TPSA) is 33.1 Å². The van der Waals surface area contributed by atoms with Crippen molar-refractivity contribution in [2.75, 3.05) is 0 Å². The van der Waals surface area contributed by atoms with E-state index in [-0.39, 0.29) is 11.4 Å². The quantitative estimate of drug-likeness (QED) is 0.754. The predicted molar refractivity (Wildman–Crippen MR) is 56.0 cm³/mol. The summed E-state index contributed by atoms with van der Waals surface area (Å²) in [5.74, 6) is 0. The highest BCUT2D eigenvalue weighted by Crippen LogP contribution is 2.23. The lowest BCUT2D eigenvalue weighted by molar-refractivity contribution is 0.196. The van der Waals surface area contributed by atoms with Gasteiger partial charge in [0.1, 0.15) is 0 Å². The van der Waals surface area contributed by atoms with Gasteiger partial charge in [-0.05, 0) is 26.0 Å². The second-order valence-corrected chi connectivity index (χ2v) is 4.58. The van der Waals surface area contributed by atoms with E-state index in [1.54, 1.807) is 18.7 Å². The Balaban J connectivity index is 2.64. The first-order valence-corrected chi connectivity index (χ1v) is 5.26. The van der Waals surface area contributed by atoms with E-state index in [2.05, 4.69) is 4.98 Å². The average Bonchev–Trinajstić information content (AvgIpc) is 2.04. The first kappa shape index (κ1) is 10.5. The number of hydrogen-bond acceptors (Lipinski definition) is 3. The Morgan fingerprint density at radius 2 is 2.08 bits per heavy atom. The Labute approximate surface area is 83.4 Å². The number of nitrogens with zero attached hydrogens (tertiary/aromatic N) is 1. The second kappa shape index (κ2) is 4.63. The third kappa shape index (κ3) is 3.36. The summed E-state index contributed by atoms with van der Waals surface area (Å²) in [7, 11) is 0. The molecule has 0 aliphatic carbocycles. The molecule has 72 valence electrons. The van der Waals surface area contributed by atoms with Crippen molar-refractivity contribution in [3.8, 4) is 0 Å². The Hall–Kier alpha value is -0.540. The second-order valence-electron chi connectivity index (χ2n) is 3.18. The van der Waals surface area contributed by atoms with Crippen LogP contribution in [0.1, 0.15) is 19.5 Å². The van der Waals surface area contributed by atoms with E-state index in [0.717, 1.165) is 10.7 Å². The number of aromatic nitrogens is 1. The van der Waals surface area contributed by atoms with Gasteiger partial charge in [0.25, 0.3) is 0 Å². The fourth-order valence-electron chi connectivity index (χ4n) is 0.873. The molecule has 0 saturated heterocycles. The molecule has 13 heavy (non-hydrogen) atoms. The van der Waals surface area contributed by atoms with Gasteiger partial charge in [0, 0.05) is 10.9 Å². The van der Waals surface area contributed by atoms with Crippen LogP contribution in [0.2, 0.25) is 0 Å². The SMILES string of the molecule is Cc1cccc(SC(C)C(C)O)n1. The molecule has 0 aromatic carbocycles. The molecule has 3 heteroatoms. The highest BCUT2D eigenvalue weighted by atomic mass is 32.2. The van der Waals surface area contributed by atoms with Crippen molar-refractivity contribution in [3.05, 3.63) is 23.9 Å². The number of thioether (sulfide) groups is 1. The van der Waals surface area contributed by atoms with Crippen LogP contribution in [0.5, 0.6) is 0 Å². The van der Waals surface area contributed by atoms with E-state index < -0.39 is 0 Å². The van der Waals surface area contributed by atoms with Gasteiger partial charge in [-0.1, -0.05) is 13.0 Å². The number of pyridine rings is 1. The molecule has 2 nitrogen and oxygen atoms in total. The maximum absolute atomic E-state index is 9.30. The zero-order valence-corrected chi connectivity index (χ0v) is 9.01. The van der Waals surface area contributed by atoms with E-state index in [4.69, 9.17) is 0 Å². The highest BCUT2D eigenvalue weighted by molar-refractivity contribution is 7.99. The number of aliphatic hydroxyl groups is 1. The summed E-state index contributed by atoms with van der Waals surface area (Å²) in [6, 6.07) is 5.92. The number of aryl methyl sites for hydroxylation is 1. The Morgan fingerprint density at radius 3 is 2.62 bits per heavy atom. The predicted octanol–water partition coefficient (Wildman–Crippen LogP) is 2.25. The standard InChI is InChI=1S/C10H15NOS/c1-7-5-4-6-10(11-7)13-9(3)8(2)12/h4-6,8-9,12H,1-3H3. The molecule has 1 aromatic rings. The Bertz CT molecular complexity index is 275. The van der Waals surface area contributed by atoms with Crippen LogP contribution in [0.25, 0.3) is 0 Å². The van der Waals surface area contributed by atoms with E-state index in [9.17, 15) is 5.11 Å². The van der Waals surface area contributed by atoms with Crippen LogP contribution in [0, 0.1) is 6.92 Å². The maximum Gasteiger partial charge on any atom is 0.0966 e. The molecular weight excluding hydrogens is 182 g/mol. The molecule has 0 fully saturated rings. The lowest BCUT2D eigenvalue weighted by atomic mass is 10.3. The summed E-state index contributed by atoms with van der Waals surface area (Å²) in [6.07, 6.45) is -0.299. The van der Waals surface area contributed by atoms with E-state index >= 15 is 0 Å². The molecule has 2 unspecified atom stereocenters. The first-order chi connectivity index (χ1) is 6.09. The fraction of sp³-hybridized carbons (Fsp3) is 0.500. The maximum atomic E-state index is 9.30. The first-order valence-electron chi connectivity index (χ1n) is 4.38. The minimum absolute atomic E-state index is 0.189. The number of aliphatic hydroxyl groups excluding tert-OH is 1. The van der Waals surface area contributed by atoms with Crippen molar-refractivity contribution < 1.29 is 5.11 Å². The van der Waals surface area contributed by atoms with Gasteiger partial charge in [-0.3, -0.25) is 0 Å². The molecule has 2 atom stereocenters. The minimum Gasteiger partial charge on any atom is -0.392 e. The molecule has 0 bridgehead atoms. The third-order valence-corrected chi connectivity index (χ3v) is 3.08. The average molecular weight is 197 g/mol. The van der Waals surface area contributed by atoms with Crippen LogP contribution in [-0.4, -0.2) is 21.4 Å². The van der Waals surface area contributed by atoms with Gasteiger partial charge in [0.2, 0.25) is 0 Å². The van der Waals surface area contributed by atoms with Gasteiger partial charge < -0.3 is 5.11 Å². The Kier molecular flexibility index (Phi) is 3.75. The normalized spacial score (nSPS) is 15.4. The van der Waals surface area contributed by atoms with Crippen LogP contribution in [-0.2, 0) is 0 Å². The lowest BCUT2D eigenvalue weighted by Gasteiger charge is -2.13. The molecule has 0 aliphatic heterocycles. The zero-order chi connectivity index (χ0) is 9.84. The van der Waals surface area contributed by atoms with Gasteiger partial charge in [-0.2, -0.15) is 0 Å². The lowest BCUT2D eigenvalue weighted by Crippen LogP contribution is -2.15. The van der Waals surface area contributed by atoms with Crippen molar-refractivity contribution in [3.63, 3.8) is 0 Å². The molecule has 1 N–H and O–H groups in total. The molecule has 0 amide bonds. The molecule has 1 aromatic heterocycles. The van der Waals surface area contributed by atoms with Gasteiger partial charge in [0.15, 0.2) is 0 Å². The van der Waals surface area contributed by atoms with Gasteiger partial charge >= 0.3 is 0 Å². The summed E-state index contributed by atoms with van der Waals surface area (Å²) in [5, 5.41) is 10.5. The smallest absolute Gasteiger partial charge is 0.0966 e. The van der Waals surface area contributed by atoms with Crippen molar-refractivity contribution in [1.29, 1.82) is 0 Å².